The molecule has 28 heavy (non-hydrogen) atoms. The Morgan fingerprint density at radius 2 is 1.61 bits per heavy atom. The van der Waals surface area contributed by atoms with E-state index in [1.807, 2.05) is 85.2 Å². The van der Waals surface area contributed by atoms with Crippen molar-refractivity contribution in [3.8, 4) is 5.75 Å². The zero-order valence-corrected chi connectivity index (χ0v) is 16.4. The molecule has 0 bridgehead atoms. The Morgan fingerprint density at radius 1 is 0.929 bits per heavy atom. The zero-order chi connectivity index (χ0) is 19.7. The van der Waals surface area contributed by atoms with Gasteiger partial charge in [0.15, 0.2) is 5.75 Å². The van der Waals surface area contributed by atoms with E-state index in [4.69, 9.17) is 4.74 Å². The monoisotopic (exact) mass is 374 g/mol. The molecule has 0 saturated carbocycles. The molecule has 2 aromatic rings. The van der Waals surface area contributed by atoms with Gasteiger partial charge < -0.3 is 9.64 Å². The van der Waals surface area contributed by atoms with Gasteiger partial charge in [-0.3, -0.25) is 0 Å². The maximum absolute atomic E-state index is 13.0. The van der Waals surface area contributed by atoms with Crippen molar-refractivity contribution in [1.29, 1.82) is 0 Å². The number of amides is 1. The number of amidine groups is 1. The second kappa shape index (κ2) is 7.35. The first-order valence-corrected chi connectivity index (χ1v) is 9.62. The first-order valence-electron chi connectivity index (χ1n) is 9.62. The predicted molar refractivity (Wildman–Crippen MR) is 111 cm³/mol. The topological polar surface area (TPSA) is 35.8 Å². The van der Waals surface area contributed by atoms with Crippen molar-refractivity contribution in [2.45, 2.75) is 20.8 Å². The lowest BCUT2D eigenvalue weighted by Crippen LogP contribution is -2.30. The number of ether oxygens (including phenoxy) is 1. The second-order valence-electron chi connectivity index (χ2n) is 6.64. The molecule has 2 aromatic carbocycles. The third-order valence-electron chi connectivity index (χ3n) is 5.09. The lowest BCUT2D eigenvalue weighted by Gasteiger charge is -2.14. The molecule has 0 radical (unpaired) electrons. The van der Waals surface area contributed by atoms with Crippen LogP contribution in [-0.4, -0.2) is 34.3 Å². The third kappa shape index (κ3) is 2.89. The molecule has 4 rings (SSSR count). The molecule has 1 amide bonds. The molecule has 2 heterocycles. The smallest absolute Gasteiger partial charge is 0.381 e. The SMILES string of the molecule is CCN1C(=O)C(=CC=C2Oc3ccccc3N2CC)[N+](c2ccccc2)=C1C. The molecule has 2 aliphatic heterocycles. The minimum Gasteiger partial charge on any atom is -0.439 e. The highest BCUT2D eigenvalue weighted by Gasteiger charge is 2.41. The van der Waals surface area contributed by atoms with E-state index >= 15 is 0 Å². The molecule has 0 saturated heterocycles. The summed E-state index contributed by atoms with van der Waals surface area (Å²) in [5.74, 6) is 2.47. The highest BCUT2D eigenvalue weighted by molar-refractivity contribution is 6.07. The van der Waals surface area contributed by atoms with Gasteiger partial charge in [0.2, 0.25) is 11.6 Å². The third-order valence-corrected chi connectivity index (χ3v) is 5.09. The van der Waals surface area contributed by atoms with Gasteiger partial charge in [0.25, 0.3) is 5.84 Å². The number of hydrogen-bond donors (Lipinski definition) is 0. The standard InChI is InChI=1S/C23H24N3O2/c1-4-24-17(3)26(18-11-7-6-8-12-18)20(23(24)27)15-16-22-25(5-2)19-13-9-10-14-21(19)28-22/h6-16H,4-5H2,1-3H3/q+1. The minimum atomic E-state index is -0.000683. The molecule has 142 valence electrons. The fourth-order valence-corrected chi connectivity index (χ4v) is 3.75. The number of nitrogens with zero attached hydrogens (tertiary/aromatic N) is 3. The number of para-hydroxylation sites is 3. The summed E-state index contributed by atoms with van der Waals surface area (Å²) < 4.78 is 8.02. The van der Waals surface area contributed by atoms with Crippen LogP contribution >= 0.6 is 0 Å². The Labute approximate surface area is 165 Å². The number of allylic oxidation sites excluding steroid dienone is 2. The van der Waals surface area contributed by atoms with E-state index in [1.54, 1.807) is 4.90 Å². The average molecular weight is 374 g/mol. The Morgan fingerprint density at radius 3 is 2.32 bits per heavy atom. The number of hydrogen-bond acceptors (Lipinski definition) is 3. The van der Waals surface area contributed by atoms with E-state index in [-0.39, 0.29) is 5.91 Å². The van der Waals surface area contributed by atoms with Gasteiger partial charge in [-0.05, 0) is 44.2 Å². The maximum Gasteiger partial charge on any atom is 0.381 e. The summed E-state index contributed by atoms with van der Waals surface area (Å²) in [5, 5.41) is 0. The van der Waals surface area contributed by atoms with Crippen molar-refractivity contribution in [1.82, 2.24) is 4.90 Å². The second-order valence-corrected chi connectivity index (χ2v) is 6.64. The summed E-state index contributed by atoms with van der Waals surface area (Å²) >= 11 is 0. The van der Waals surface area contributed by atoms with E-state index < -0.39 is 0 Å². The van der Waals surface area contributed by atoms with Crippen LogP contribution in [0.25, 0.3) is 0 Å². The van der Waals surface area contributed by atoms with Gasteiger partial charge in [-0.25, -0.2) is 4.79 Å². The van der Waals surface area contributed by atoms with Gasteiger partial charge in [0.05, 0.1) is 12.2 Å². The van der Waals surface area contributed by atoms with Crippen LogP contribution in [0.3, 0.4) is 0 Å². The molecule has 5 nitrogen and oxygen atoms in total. The predicted octanol–water partition coefficient (Wildman–Crippen LogP) is 4.26. The van der Waals surface area contributed by atoms with Gasteiger partial charge in [-0.1, -0.05) is 30.3 Å². The molecule has 5 heteroatoms. The van der Waals surface area contributed by atoms with Crippen molar-refractivity contribution in [3.05, 3.63) is 78.3 Å². The van der Waals surface area contributed by atoms with E-state index in [1.165, 1.54) is 0 Å². The maximum atomic E-state index is 13.0. The molecule has 0 spiro atoms. The fraction of sp³-hybridized carbons (Fsp3) is 0.217. The van der Waals surface area contributed by atoms with Crippen LogP contribution in [0.5, 0.6) is 5.75 Å². The van der Waals surface area contributed by atoms with E-state index in [9.17, 15) is 4.79 Å². The normalized spacial score (nSPS) is 19.0. The van der Waals surface area contributed by atoms with Gasteiger partial charge in [0, 0.05) is 19.5 Å². The van der Waals surface area contributed by atoms with Crippen LogP contribution in [0.4, 0.5) is 11.4 Å². The Bertz CT molecular complexity index is 1010. The van der Waals surface area contributed by atoms with Crippen LogP contribution in [0, 0.1) is 0 Å². The van der Waals surface area contributed by atoms with Crippen molar-refractivity contribution in [2.24, 2.45) is 0 Å². The summed E-state index contributed by atoms with van der Waals surface area (Å²) in [6.07, 6.45) is 3.75. The Balaban J connectivity index is 1.76. The summed E-state index contributed by atoms with van der Waals surface area (Å²) in [6.45, 7) is 7.46. The number of benzene rings is 2. The summed E-state index contributed by atoms with van der Waals surface area (Å²) in [4.78, 5) is 16.9. The number of rotatable bonds is 4. The highest BCUT2D eigenvalue weighted by atomic mass is 16.5. The van der Waals surface area contributed by atoms with E-state index in [0.717, 1.165) is 35.4 Å². The number of anilines is 1. The van der Waals surface area contributed by atoms with E-state index in [0.29, 0.717) is 12.2 Å². The van der Waals surface area contributed by atoms with Crippen molar-refractivity contribution < 1.29 is 14.1 Å². The number of carbonyl (C=O) groups excluding carboxylic acids is 1. The molecular formula is C23H24N3O2+. The van der Waals surface area contributed by atoms with Crippen molar-refractivity contribution in [2.75, 3.05) is 18.0 Å². The number of fused-ring (bicyclic) bond motifs is 1. The first kappa shape index (κ1) is 18.0. The largest absolute Gasteiger partial charge is 0.439 e. The van der Waals surface area contributed by atoms with Gasteiger partial charge in [0.1, 0.15) is 5.69 Å². The summed E-state index contributed by atoms with van der Waals surface area (Å²) in [7, 11) is 0. The van der Waals surface area contributed by atoms with Crippen LogP contribution in [0.1, 0.15) is 20.8 Å². The van der Waals surface area contributed by atoms with Crippen LogP contribution in [-0.2, 0) is 4.79 Å². The quantitative estimate of drug-likeness (QED) is 0.593. The Kier molecular flexibility index (Phi) is 4.74. The van der Waals surface area contributed by atoms with Gasteiger partial charge in [-0.2, -0.15) is 9.48 Å². The molecule has 0 unspecified atom stereocenters. The minimum absolute atomic E-state index is 0.000683. The number of likely N-dealkylation sites (N-methyl/N-ethyl adjacent to an activating group) is 1. The highest BCUT2D eigenvalue weighted by Crippen LogP contribution is 2.38. The summed E-state index contributed by atoms with van der Waals surface area (Å²) in [6, 6.07) is 17.9. The average Bonchev–Trinajstić information content (AvgIpc) is 3.20. The molecule has 0 aromatic heterocycles. The van der Waals surface area contributed by atoms with Crippen molar-refractivity contribution >= 4 is 23.1 Å². The first-order chi connectivity index (χ1) is 13.7. The zero-order valence-electron chi connectivity index (χ0n) is 16.4. The lowest BCUT2D eigenvalue weighted by atomic mass is 10.2. The molecular weight excluding hydrogens is 350 g/mol. The molecule has 0 aliphatic carbocycles. The molecule has 2 aliphatic rings. The molecule has 0 atom stereocenters. The Hall–Kier alpha value is -3.34. The summed E-state index contributed by atoms with van der Waals surface area (Å²) in [5.41, 5.74) is 2.64. The lowest BCUT2D eigenvalue weighted by molar-refractivity contribution is -0.374. The van der Waals surface area contributed by atoms with Gasteiger partial charge in [-0.15, -0.1) is 0 Å². The van der Waals surface area contributed by atoms with Crippen LogP contribution in [0.2, 0.25) is 0 Å². The van der Waals surface area contributed by atoms with Crippen LogP contribution < -0.4 is 9.64 Å². The molecule has 0 fully saturated rings. The van der Waals surface area contributed by atoms with Gasteiger partial charge >= 0.3 is 5.91 Å². The van der Waals surface area contributed by atoms with E-state index in [2.05, 4.69) is 11.8 Å². The molecule has 0 N–H and O–H groups in total. The number of carbonyl (C=O) groups is 1. The fourth-order valence-electron chi connectivity index (χ4n) is 3.75. The van der Waals surface area contributed by atoms with Crippen molar-refractivity contribution in [3.63, 3.8) is 0 Å². The van der Waals surface area contributed by atoms with Crippen LogP contribution in [0.15, 0.2) is 78.3 Å².